The number of rotatable bonds is 7. The second-order valence-corrected chi connectivity index (χ2v) is 7.32. The number of esters is 1. The maximum absolute atomic E-state index is 12.4. The van der Waals surface area contributed by atoms with Gasteiger partial charge in [0.15, 0.2) is 6.61 Å². The van der Waals surface area contributed by atoms with Gasteiger partial charge in [-0.05, 0) is 19.4 Å². The van der Waals surface area contributed by atoms with Gasteiger partial charge in [0.25, 0.3) is 5.69 Å². The number of carbonyl (C=O) groups excluding carboxylic acids is 3. The zero-order valence-corrected chi connectivity index (χ0v) is 16.7. The molecule has 1 aliphatic rings. The number of benzene rings is 2. The summed E-state index contributed by atoms with van der Waals surface area (Å²) >= 11 is 0. The lowest BCUT2D eigenvalue weighted by atomic mass is 10.1. The number of nitro groups is 1. The zero-order valence-electron chi connectivity index (χ0n) is 16.7. The van der Waals surface area contributed by atoms with E-state index in [1.807, 2.05) is 37.3 Å². The highest BCUT2D eigenvalue weighted by atomic mass is 16.6. The minimum absolute atomic E-state index is 0.0280. The number of hydrogen-bond donors (Lipinski definition) is 0. The van der Waals surface area contributed by atoms with Crippen LogP contribution < -0.4 is 0 Å². The van der Waals surface area contributed by atoms with Crippen molar-refractivity contribution in [3.8, 4) is 0 Å². The molecule has 1 aliphatic heterocycles. The van der Waals surface area contributed by atoms with Crippen molar-refractivity contribution in [2.24, 2.45) is 5.92 Å². The fourth-order valence-electron chi connectivity index (χ4n) is 3.49. The Bertz CT molecular complexity index is 988. The van der Waals surface area contributed by atoms with E-state index in [1.54, 1.807) is 11.8 Å². The van der Waals surface area contributed by atoms with Crippen LogP contribution in [-0.2, 0) is 14.3 Å². The van der Waals surface area contributed by atoms with Gasteiger partial charge in [0.2, 0.25) is 11.7 Å². The Balaban J connectivity index is 1.59. The van der Waals surface area contributed by atoms with E-state index >= 15 is 0 Å². The van der Waals surface area contributed by atoms with Gasteiger partial charge in [0, 0.05) is 30.2 Å². The van der Waals surface area contributed by atoms with Crippen molar-refractivity contribution in [1.29, 1.82) is 0 Å². The molecule has 1 saturated heterocycles. The van der Waals surface area contributed by atoms with Gasteiger partial charge in [-0.25, -0.2) is 0 Å². The smallest absolute Gasteiger partial charge is 0.311 e. The lowest BCUT2D eigenvalue weighted by molar-refractivity contribution is -0.385. The van der Waals surface area contributed by atoms with Gasteiger partial charge in [-0.3, -0.25) is 24.5 Å². The summed E-state index contributed by atoms with van der Waals surface area (Å²) in [7, 11) is 0. The third-order valence-electron chi connectivity index (χ3n) is 5.31. The molecule has 2 atom stereocenters. The lowest BCUT2D eigenvalue weighted by Crippen LogP contribution is -2.30. The van der Waals surface area contributed by atoms with Crippen LogP contribution >= 0.6 is 0 Å². The molecule has 8 nitrogen and oxygen atoms in total. The van der Waals surface area contributed by atoms with E-state index in [-0.39, 0.29) is 36.2 Å². The Kier molecular flexibility index (Phi) is 6.25. The van der Waals surface area contributed by atoms with E-state index in [9.17, 15) is 24.5 Å². The highest BCUT2D eigenvalue weighted by Crippen LogP contribution is 2.29. The van der Waals surface area contributed by atoms with Crippen LogP contribution in [-0.4, -0.2) is 40.6 Å². The number of likely N-dealkylation sites (tertiary alicyclic amines) is 1. The van der Waals surface area contributed by atoms with Crippen molar-refractivity contribution in [2.45, 2.75) is 26.3 Å². The second-order valence-electron chi connectivity index (χ2n) is 7.32. The summed E-state index contributed by atoms with van der Waals surface area (Å²) in [5.41, 5.74) is 1.34. The molecular weight excluding hydrogens is 388 g/mol. The molecule has 0 unspecified atom stereocenters. The number of amides is 1. The van der Waals surface area contributed by atoms with Crippen LogP contribution in [0, 0.1) is 23.0 Å². The van der Waals surface area contributed by atoms with Gasteiger partial charge in [-0.15, -0.1) is 0 Å². The second kappa shape index (κ2) is 8.86. The number of hydrogen-bond acceptors (Lipinski definition) is 6. The molecule has 0 N–H and O–H groups in total. The minimum Gasteiger partial charge on any atom is -0.457 e. The first-order valence-corrected chi connectivity index (χ1v) is 9.57. The number of nitro benzene ring substituents is 1. The lowest BCUT2D eigenvalue weighted by Gasteiger charge is -2.25. The SMILES string of the molecule is Cc1ccc(C(=O)COC(=O)[C@H]2CC(=O)N([C@@H](C)c3ccccc3)C2)cc1[N+](=O)[O-]. The molecule has 2 aromatic rings. The molecule has 0 saturated carbocycles. The van der Waals surface area contributed by atoms with Crippen molar-refractivity contribution in [3.05, 3.63) is 75.3 Å². The summed E-state index contributed by atoms with van der Waals surface area (Å²) in [6.07, 6.45) is 0.0280. The Labute approximate surface area is 173 Å². The number of carbonyl (C=O) groups is 3. The summed E-state index contributed by atoms with van der Waals surface area (Å²) in [6, 6.07) is 13.4. The van der Waals surface area contributed by atoms with Crippen molar-refractivity contribution < 1.29 is 24.0 Å². The molecular formula is C22H22N2O6. The molecule has 30 heavy (non-hydrogen) atoms. The molecule has 1 amide bonds. The fourth-order valence-corrected chi connectivity index (χ4v) is 3.49. The van der Waals surface area contributed by atoms with Crippen LogP contribution in [0.2, 0.25) is 0 Å². The van der Waals surface area contributed by atoms with E-state index in [1.165, 1.54) is 18.2 Å². The van der Waals surface area contributed by atoms with Crippen molar-refractivity contribution >= 4 is 23.3 Å². The molecule has 0 aliphatic carbocycles. The van der Waals surface area contributed by atoms with E-state index in [0.29, 0.717) is 5.56 Å². The molecule has 2 aromatic carbocycles. The topological polar surface area (TPSA) is 107 Å². The third kappa shape index (κ3) is 4.53. The van der Waals surface area contributed by atoms with Crippen molar-refractivity contribution in [1.82, 2.24) is 4.90 Å². The third-order valence-corrected chi connectivity index (χ3v) is 5.31. The van der Waals surface area contributed by atoms with E-state index < -0.39 is 29.2 Å². The first kappa shape index (κ1) is 21.2. The minimum atomic E-state index is -0.649. The average Bonchev–Trinajstić information content (AvgIpc) is 3.13. The molecule has 156 valence electrons. The van der Waals surface area contributed by atoms with Gasteiger partial charge in [0.05, 0.1) is 16.9 Å². The Hall–Kier alpha value is -3.55. The summed E-state index contributed by atoms with van der Waals surface area (Å²) < 4.78 is 5.12. The van der Waals surface area contributed by atoms with Crippen LogP contribution in [0.1, 0.15) is 40.9 Å². The van der Waals surface area contributed by atoms with E-state index in [4.69, 9.17) is 4.74 Å². The molecule has 8 heteroatoms. The highest BCUT2D eigenvalue weighted by molar-refractivity contribution is 5.99. The normalized spacial score (nSPS) is 16.9. The van der Waals surface area contributed by atoms with Gasteiger partial charge in [0.1, 0.15) is 0 Å². The van der Waals surface area contributed by atoms with E-state index in [0.717, 1.165) is 5.56 Å². The molecule has 0 radical (unpaired) electrons. The maximum atomic E-state index is 12.4. The zero-order chi connectivity index (χ0) is 21.8. The fraction of sp³-hybridized carbons (Fsp3) is 0.318. The predicted molar refractivity (Wildman–Crippen MR) is 108 cm³/mol. The number of ketones is 1. The molecule has 1 heterocycles. The van der Waals surface area contributed by atoms with Gasteiger partial charge in [-0.1, -0.05) is 42.5 Å². The average molecular weight is 410 g/mol. The summed E-state index contributed by atoms with van der Waals surface area (Å²) in [5.74, 6) is -1.95. The molecule has 1 fully saturated rings. The van der Waals surface area contributed by atoms with Gasteiger partial charge < -0.3 is 9.64 Å². The van der Waals surface area contributed by atoms with Crippen LogP contribution in [0.4, 0.5) is 5.69 Å². The predicted octanol–water partition coefficient (Wildman–Crippen LogP) is 3.24. The van der Waals surface area contributed by atoms with Crippen LogP contribution in [0.5, 0.6) is 0 Å². The van der Waals surface area contributed by atoms with Crippen molar-refractivity contribution in [2.75, 3.05) is 13.2 Å². The Morgan fingerprint density at radius 2 is 1.93 bits per heavy atom. The quantitative estimate of drug-likeness (QED) is 0.300. The van der Waals surface area contributed by atoms with Gasteiger partial charge >= 0.3 is 5.97 Å². The van der Waals surface area contributed by atoms with E-state index in [2.05, 4.69) is 0 Å². The van der Waals surface area contributed by atoms with Crippen LogP contribution in [0.3, 0.4) is 0 Å². The first-order chi connectivity index (χ1) is 14.3. The molecule has 0 bridgehead atoms. The number of aryl methyl sites for hydroxylation is 1. The van der Waals surface area contributed by atoms with Gasteiger partial charge in [-0.2, -0.15) is 0 Å². The maximum Gasteiger partial charge on any atom is 0.311 e. The summed E-state index contributed by atoms with van der Waals surface area (Å²) in [6.45, 7) is 3.16. The Morgan fingerprint density at radius 1 is 1.23 bits per heavy atom. The standard InChI is InChI=1S/C22H22N2O6/c1-14-8-9-17(10-19(14)24(28)29)20(25)13-30-22(27)18-11-21(26)23(12-18)15(2)16-6-4-3-5-7-16/h3-10,15,18H,11-13H2,1-2H3/t15-,18-/m0/s1. The largest absolute Gasteiger partial charge is 0.457 e. The molecule has 0 aromatic heterocycles. The number of Topliss-reactive ketones (excluding diaryl/α,β-unsaturated/α-hetero) is 1. The van der Waals surface area contributed by atoms with Crippen molar-refractivity contribution in [3.63, 3.8) is 0 Å². The summed E-state index contributed by atoms with van der Waals surface area (Å²) in [4.78, 5) is 49.2. The molecule has 0 spiro atoms. The Morgan fingerprint density at radius 3 is 2.60 bits per heavy atom. The number of ether oxygens (including phenoxy) is 1. The molecule has 3 rings (SSSR count). The van der Waals surface area contributed by atoms with Crippen LogP contribution in [0.25, 0.3) is 0 Å². The first-order valence-electron chi connectivity index (χ1n) is 9.57. The van der Waals surface area contributed by atoms with Crippen LogP contribution in [0.15, 0.2) is 48.5 Å². The highest BCUT2D eigenvalue weighted by Gasteiger charge is 2.38. The summed E-state index contributed by atoms with van der Waals surface area (Å²) in [5, 5.41) is 11.0. The number of nitrogens with zero attached hydrogens (tertiary/aromatic N) is 2. The monoisotopic (exact) mass is 410 g/mol.